The molecule has 96 valence electrons. The summed E-state index contributed by atoms with van der Waals surface area (Å²) < 4.78 is 9.87. The van der Waals surface area contributed by atoms with Crippen LogP contribution in [-0.2, 0) is 14.3 Å². The van der Waals surface area contributed by atoms with Crippen LogP contribution in [0.4, 0.5) is 0 Å². The quantitative estimate of drug-likeness (QED) is 0.596. The number of carbonyl (C=O) groups is 1. The molecule has 0 rings (SSSR count). The van der Waals surface area contributed by atoms with Gasteiger partial charge in [-0.15, -0.1) is 0 Å². The number of hydrogen-bond donors (Lipinski definition) is 0. The molecule has 1 atom stereocenters. The summed E-state index contributed by atoms with van der Waals surface area (Å²) in [4.78, 5) is 13.7. The average molecular weight is 231 g/mol. The largest absolute Gasteiger partial charge is 0.468 e. The summed E-state index contributed by atoms with van der Waals surface area (Å²) in [6.45, 7) is 7.56. The Morgan fingerprint density at radius 2 is 1.81 bits per heavy atom. The van der Waals surface area contributed by atoms with Crippen LogP contribution in [0.25, 0.3) is 0 Å². The minimum absolute atomic E-state index is 0.178. The highest BCUT2D eigenvalue weighted by Gasteiger charge is 2.26. The van der Waals surface area contributed by atoms with Gasteiger partial charge in [0.05, 0.1) is 13.7 Å². The number of nitrogens with zero attached hydrogens (tertiary/aromatic N) is 1. The highest BCUT2D eigenvalue weighted by atomic mass is 16.5. The molecule has 0 spiro atoms. The molecule has 0 heterocycles. The molecule has 16 heavy (non-hydrogen) atoms. The van der Waals surface area contributed by atoms with E-state index in [9.17, 15) is 4.79 Å². The zero-order valence-electron chi connectivity index (χ0n) is 11.2. The fourth-order valence-electron chi connectivity index (χ4n) is 1.95. The van der Waals surface area contributed by atoms with Gasteiger partial charge in [-0.3, -0.25) is 9.69 Å². The maximum atomic E-state index is 11.5. The van der Waals surface area contributed by atoms with Gasteiger partial charge in [0.1, 0.15) is 6.04 Å². The third-order valence-corrected chi connectivity index (χ3v) is 3.00. The van der Waals surface area contributed by atoms with Crippen molar-refractivity contribution in [1.82, 2.24) is 4.90 Å². The molecule has 4 heteroatoms. The Morgan fingerprint density at radius 1 is 1.25 bits per heavy atom. The molecule has 0 N–H and O–H groups in total. The summed E-state index contributed by atoms with van der Waals surface area (Å²) in [7, 11) is 3.11. The number of hydrogen-bond acceptors (Lipinski definition) is 4. The second-order valence-corrected chi connectivity index (χ2v) is 3.90. The summed E-state index contributed by atoms with van der Waals surface area (Å²) in [5.74, 6) is -0.178. The summed E-state index contributed by atoms with van der Waals surface area (Å²) in [5.41, 5.74) is 0. The molecule has 1 unspecified atom stereocenters. The van der Waals surface area contributed by atoms with Crippen LogP contribution >= 0.6 is 0 Å². The Labute approximate surface area is 98.9 Å². The first-order valence-electron chi connectivity index (χ1n) is 5.94. The monoisotopic (exact) mass is 231 g/mol. The summed E-state index contributed by atoms with van der Waals surface area (Å²) in [6, 6.07) is 0.203. The van der Waals surface area contributed by atoms with E-state index in [1.54, 1.807) is 7.11 Å². The Balaban J connectivity index is 4.56. The van der Waals surface area contributed by atoms with E-state index >= 15 is 0 Å². The molecule has 0 radical (unpaired) electrons. The maximum Gasteiger partial charge on any atom is 0.322 e. The SMILES string of the molecule is CCC(CC)N(CCOC)C(C)C(=O)OC. The molecule has 0 aliphatic carbocycles. The third-order valence-electron chi connectivity index (χ3n) is 3.00. The second-order valence-electron chi connectivity index (χ2n) is 3.90. The van der Waals surface area contributed by atoms with Crippen molar-refractivity contribution in [1.29, 1.82) is 0 Å². The van der Waals surface area contributed by atoms with E-state index in [0.29, 0.717) is 12.6 Å². The lowest BCUT2D eigenvalue weighted by Crippen LogP contribution is -2.47. The Kier molecular flexibility index (Phi) is 8.21. The lowest BCUT2D eigenvalue weighted by atomic mass is 10.1. The molecule has 0 aromatic heterocycles. The highest BCUT2D eigenvalue weighted by Crippen LogP contribution is 2.13. The van der Waals surface area contributed by atoms with Crippen molar-refractivity contribution in [3.8, 4) is 0 Å². The lowest BCUT2D eigenvalue weighted by molar-refractivity contribution is -0.147. The first kappa shape index (κ1) is 15.4. The summed E-state index contributed by atoms with van der Waals surface area (Å²) in [6.07, 6.45) is 2.06. The number of methoxy groups -OCH3 is 2. The first-order chi connectivity index (χ1) is 7.62. The molecule has 0 saturated carbocycles. The molecule has 0 aromatic rings. The number of rotatable bonds is 8. The van der Waals surface area contributed by atoms with E-state index in [4.69, 9.17) is 9.47 Å². The molecule has 0 aliphatic heterocycles. The maximum absolute atomic E-state index is 11.5. The third kappa shape index (κ3) is 4.49. The van der Waals surface area contributed by atoms with Crippen molar-refractivity contribution in [2.45, 2.75) is 45.7 Å². The number of ether oxygens (including phenoxy) is 2. The average Bonchev–Trinajstić information content (AvgIpc) is 2.32. The molecule has 0 amide bonds. The first-order valence-corrected chi connectivity index (χ1v) is 5.94. The van der Waals surface area contributed by atoms with Crippen LogP contribution < -0.4 is 0 Å². The molecule has 0 fully saturated rings. The van der Waals surface area contributed by atoms with Crippen molar-refractivity contribution in [2.75, 3.05) is 27.4 Å². The second kappa shape index (κ2) is 8.53. The van der Waals surface area contributed by atoms with Crippen molar-refractivity contribution in [3.05, 3.63) is 0 Å². The fourth-order valence-corrected chi connectivity index (χ4v) is 1.95. The minimum atomic E-state index is -0.204. The predicted octanol–water partition coefficient (Wildman–Crippen LogP) is 1.68. The summed E-state index contributed by atoms with van der Waals surface area (Å²) >= 11 is 0. The lowest BCUT2D eigenvalue weighted by Gasteiger charge is -2.33. The Bertz CT molecular complexity index is 193. The smallest absolute Gasteiger partial charge is 0.322 e. The van der Waals surface area contributed by atoms with Crippen molar-refractivity contribution >= 4 is 5.97 Å². The van der Waals surface area contributed by atoms with Crippen molar-refractivity contribution < 1.29 is 14.3 Å². The molecular formula is C12H25NO3. The van der Waals surface area contributed by atoms with Gasteiger partial charge in [-0.2, -0.15) is 0 Å². The molecule has 0 aromatic carbocycles. The van der Waals surface area contributed by atoms with Crippen molar-refractivity contribution in [2.24, 2.45) is 0 Å². The Morgan fingerprint density at radius 3 is 2.19 bits per heavy atom. The van der Waals surface area contributed by atoms with Crippen LogP contribution in [0.3, 0.4) is 0 Å². The molecule has 4 nitrogen and oxygen atoms in total. The van der Waals surface area contributed by atoms with Gasteiger partial charge >= 0.3 is 5.97 Å². The standard InChI is InChI=1S/C12H25NO3/c1-6-11(7-2)13(8-9-15-4)10(3)12(14)16-5/h10-11H,6-9H2,1-5H3. The van der Waals surface area contributed by atoms with Crippen LogP contribution in [0.15, 0.2) is 0 Å². The molecular weight excluding hydrogens is 206 g/mol. The van der Waals surface area contributed by atoms with E-state index in [1.165, 1.54) is 7.11 Å². The van der Waals surface area contributed by atoms with Crippen LogP contribution in [0, 0.1) is 0 Å². The summed E-state index contributed by atoms with van der Waals surface area (Å²) in [5, 5.41) is 0. The number of esters is 1. The van der Waals surface area contributed by atoms with E-state index in [2.05, 4.69) is 18.7 Å². The van der Waals surface area contributed by atoms with Gasteiger partial charge in [0, 0.05) is 19.7 Å². The van der Waals surface area contributed by atoms with Gasteiger partial charge in [0.2, 0.25) is 0 Å². The van der Waals surface area contributed by atoms with E-state index in [0.717, 1.165) is 19.4 Å². The van der Waals surface area contributed by atoms with Gasteiger partial charge < -0.3 is 9.47 Å². The van der Waals surface area contributed by atoms with E-state index < -0.39 is 0 Å². The fraction of sp³-hybridized carbons (Fsp3) is 0.917. The van der Waals surface area contributed by atoms with E-state index in [-0.39, 0.29) is 12.0 Å². The zero-order valence-corrected chi connectivity index (χ0v) is 11.2. The molecule has 0 saturated heterocycles. The molecule has 0 aliphatic rings. The van der Waals surface area contributed by atoms with Gasteiger partial charge in [-0.25, -0.2) is 0 Å². The van der Waals surface area contributed by atoms with Crippen LogP contribution in [0.2, 0.25) is 0 Å². The zero-order chi connectivity index (χ0) is 12.6. The van der Waals surface area contributed by atoms with E-state index in [1.807, 2.05) is 6.92 Å². The van der Waals surface area contributed by atoms with Crippen LogP contribution in [0.1, 0.15) is 33.6 Å². The van der Waals surface area contributed by atoms with Gasteiger partial charge in [0.25, 0.3) is 0 Å². The minimum Gasteiger partial charge on any atom is -0.468 e. The van der Waals surface area contributed by atoms with Crippen LogP contribution in [0.5, 0.6) is 0 Å². The van der Waals surface area contributed by atoms with Crippen molar-refractivity contribution in [3.63, 3.8) is 0 Å². The van der Waals surface area contributed by atoms with Gasteiger partial charge in [-0.1, -0.05) is 13.8 Å². The van der Waals surface area contributed by atoms with Gasteiger partial charge in [0.15, 0.2) is 0 Å². The highest BCUT2D eigenvalue weighted by molar-refractivity contribution is 5.75. The topological polar surface area (TPSA) is 38.8 Å². The van der Waals surface area contributed by atoms with Crippen LogP contribution in [-0.4, -0.2) is 50.3 Å². The predicted molar refractivity (Wildman–Crippen MR) is 64.4 cm³/mol. The molecule has 0 bridgehead atoms. The Hall–Kier alpha value is -0.610. The normalized spacial score (nSPS) is 13.2. The van der Waals surface area contributed by atoms with Gasteiger partial charge in [-0.05, 0) is 19.8 Å². The number of carbonyl (C=O) groups excluding carboxylic acids is 1.